The first-order chi connectivity index (χ1) is 11.7. The van der Waals surface area contributed by atoms with E-state index in [9.17, 15) is 4.79 Å². The number of hydrogen-bond donors (Lipinski definition) is 1. The van der Waals surface area contributed by atoms with Crippen LogP contribution in [0.2, 0.25) is 0 Å². The normalized spacial score (nSPS) is 17.8. The number of pyridine rings is 1. The first-order valence-electron chi connectivity index (χ1n) is 7.97. The Hall–Kier alpha value is -2.05. The molecular weight excluding hydrogens is 338 g/mol. The standard InChI is InChI=1S/C18H19N3OS2/c22-17(9-8-15-6-4-12-24-15)20-18(23)21-11-2-1-7-16(21)14-5-3-10-19-13-14/h3-6,8-10,12-13,16H,1-2,7,11H2,(H,20,22,23)/t16-/m1/s1. The molecule has 2 aromatic rings. The lowest BCUT2D eigenvalue weighted by Crippen LogP contribution is -2.46. The molecule has 0 spiro atoms. The van der Waals surface area contributed by atoms with Crippen LogP contribution in [0.4, 0.5) is 0 Å². The van der Waals surface area contributed by atoms with E-state index in [-0.39, 0.29) is 11.9 Å². The molecule has 6 heteroatoms. The zero-order chi connectivity index (χ0) is 16.8. The second-order valence-electron chi connectivity index (χ2n) is 5.63. The Morgan fingerprint density at radius 1 is 1.38 bits per heavy atom. The van der Waals surface area contributed by atoms with Crippen LogP contribution in [0.5, 0.6) is 0 Å². The fourth-order valence-electron chi connectivity index (χ4n) is 2.86. The average Bonchev–Trinajstić information content (AvgIpc) is 3.14. The van der Waals surface area contributed by atoms with Gasteiger partial charge in [0.2, 0.25) is 5.91 Å². The summed E-state index contributed by atoms with van der Waals surface area (Å²) in [6.45, 7) is 0.854. The van der Waals surface area contributed by atoms with Gasteiger partial charge >= 0.3 is 0 Å². The lowest BCUT2D eigenvalue weighted by Gasteiger charge is -2.37. The van der Waals surface area contributed by atoms with E-state index in [0.29, 0.717) is 5.11 Å². The highest BCUT2D eigenvalue weighted by Gasteiger charge is 2.26. The van der Waals surface area contributed by atoms with E-state index in [0.717, 1.165) is 36.2 Å². The van der Waals surface area contributed by atoms with Gasteiger partial charge in [0.25, 0.3) is 0 Å². The molecule has 124 valence electrons. The van der Waals surface area contributed by atoms with Crippen molar-refractivity contribution in [2.75, 3.05) is 6.54 Å². The summed E-state index contributed by atoms with van der Waals surface area (Å²) >= 11 is 7.08. The van der Waals surface area contributed by atoms with E-state index < -0.39 is 0 Å². The highest BCUT2D eigenvalue weighted by molar-refractivity contribution is 7.80. The molecule has 1 fully saturated rings. The number of likely N-dealkylation sites (tertiary alicyclic amines) is 1. The Balaban J connectivity index is 1.65. The van der Waals surface area contributed by atoms with Gasteiger partial charge < -0.3 is 4.90 Å². The summed E-state index contributed by atoms with van der Waals surface area (Å²) in [6, 6.07) is 8.11. The maximum atomic E-state index is 12.1. The highest BCUT2D eigenvalue weighted by Crippen LogP contribution is 2.30. The maximum absolute atomic E-state index is 12.1. The smallest absolute Gasteiger partial charge is 0.250 e. The number of thiocarbonyl (C=S) groups is 1. The molecule has 0 saturated carbocycles. The van der Waals surface area contributed by atoms with Crippen molar-refractivity contribution in [1.29, 1.82) is 0 Å². The summed E-state index contributed by atoms with van der Waals surface area (Å²) in [5, 5.41) is 5.30. The summed E-state index contributed by atoms with van der Waals surface area (Å²) < 4.78 is 0. The SMILES string of the molecule is O=C(C=Cc1cccs1)NC(=S)N1CCCC[C@@H]1c1cccnc1. The minimum atomic E-state index is -0.191. The van der Waals surface area contributed by atoms with Crippen molar-refractivity contribution >= 4 is 40.7 Å². The Kier molecular flexibility index (Phi) is 5.72. The molecular formula is C18H19N3OS2. The number of rotatable bonds is 3. The minimum absolute atomic E-state index is 0.182. The number of carbonyl (C=O) groups is 1. The molecule has 0 bridgehead atoms. The van der Waals surface area contributed by atoms with Crippen molar-refractivity contribution in [3.8, 4) is 0 Å². The molecule has 1 N–H and O–H groups in total. The number of nitrogens with zero attached hydrogens (tertiary/aromatic N) is 2. The number of aromatic nitrogens is 1. The Morgan fingerprint density at radius 3 is 3.04 bits per heavy atom. The number of nitrogens with one attached hydrogen (secondary N) is 1. The maximum Gasteiger partial charge on any atom is 0.250 e. The van der Waals surface area contributed by atoms with Gasteiger partial charge in [-0.15, -0.1) is 11.3 Å². The molecule has 1 amide bonds. The van der Waals surface area contributed by atoms with Crippen molar-refractivity contribution in [2.45, 2.75) is 25.3 Å². The minimum Gasteiger partial charge on any atom is -0.342 e. The fourth-order valence-corrected chi connectivity index (χ4v) is 3.79. The lowest BCUT2D eigenvalue weighted by molar-refractivity contribution is -0.115. The van der Waals surface area contributed by atoms with Gasteiger partial charge in [0, 0.05) is 29.9 Å². The van der Waals surface area contributed by atoms with Gasteiger partial charge in [-0.05, 0) is 60.6 Å². The van der Waals surface area contributed by atoms with Crippen LogP contribution in [0, 0.1) is 0 Å². The summed E-state index contributed by atoms with van der Waals surface area (Å²) in [7, 11) is 0. The molecule has 0 radical (unpaired) electrons. The van der Waals surface area contributed by atoms with E-state index >= 15 is 0 Å². The third-order valence-electron chi connectivity index (χ3n) is 4.01. The lowest BCUT2D eigenvalue weighted by atomic mass is 9.97. The van der Waals surface area contributed by atoms with Gasteiger partial charge in [0.15, 0.2) is 5.11 Å². The van der Waals surface area contributed by atoms with Crippen LogP contribution in [0.25, 0.3) is 6.08 Å². The summed E-state index contributed by atoms with van der Waals surface area (Å²) in [6.07, 6.45) is 10.2. The van der Waals surface area contributed by atoms with Gasteiger partial charge in [-0.2, -0.15) is 0 Å². The van der Waals surface area contributed by atoms with E-state index in [1.54, 1.807) is 23.6 Å². The van der Waals surface area contributed by atoms with Crippen LogP contribution in [0.3, 0.4) is 0 Å². The van der Waals surface area contributed by atoms with E-state index in [2.05, 4.69) is 21.3 Å². The van der Waals surface area contributed by atoms with Gasteiger partial charge in [-0.25, -0.2) is 0 Å². The van der Waals surface area contributed by atoms with Gasteiger partial charge in [-0.3, -0.25) is 15.1 Å². The predicted octanol–water partition coefficient (Wildman–Crippen LogP) is 3.78. The predicted molar refractivity (Wildman–Crippen MR) is 102 cm³/mol. The van der Waals surface area contributed by atoms with Gasteiger partial charge in [-0.1, -0.05) is 12.1 Å². The van der Waals surface area contributed by atoms with Crippen LogP contribution >= 0.6 is 23.6 Å². The summed E-state index contributed by atoms with van der Waals surface area (Å²) in [4.78, 5) is 19.5. The van der Waals surface area contributed by atoms with Crippen molar-refractivity contribution in [3.63, 3.8) is 0 Å². The number of piperidine rings is 1. The highest BCUT2D eigenvalue weighted by atomic mass is 32.1. The largest absolute Gasteiger partial charge is 0.342 e. The van der Waals surface area contributed by atoms with E-state index in [1.807, 2.05) is 29.8 Å². The van der Waals surface area contributed by atoms with Gasteiger partial charge in [0.05, 0.1) is 6.04 Å². The summed E-state index contributed by atoms with van der Waals surface area (Å²) in [5.41, 5.74) is 1.14. The van der Waals surface area contributed by atoms with Crippen LogP contribution in [-0.2, 0) is 4.79 Å². The zero-order valence-corrected chi connectivity index (χ0v) is 14.9. The third kappa shape index (κ3) is 4.27. The van der Waals surface area contributed by atoms with Crippen molar-refractivity contribution in [1.82, 2.24) is 15.2 Å². The van der Waals surface area contributed by atoms with E-state index in [4.69, 9.17) is 12.2 Å². The monoisotopic (exact) mass is 357 g/mol. The molecule has 3 rings (SSSR count). The van der Waals surface area contributed by atoms with Crippen molar-refractivity contribution < 1.29 is 4.79 Å². The molecule has 0 aliphatic carbocycles. The Labute approximate surface area is 151 Å². The fraction of sp³-hybridized carbons (Fsp3) is 0.278. The molecule has 24 heavy (non-hydrogen) atoms. The van der Waals surface area contributed by atoms with Crippen LogP contribution in [0.1, 0.15) is 35.7 Å². The molecule has 1 saturated heterocycles. The molecule has 2 aromatic heterocycles. The van der Waals surface area contributed by atoms with Crippen molar-refractivity contribution in [2.24, 2.45) is 0 Å². The quantitative estimate of drug-likeness (QED) is 0.671. The molecule has 1 aliphatic heterocycles. The Bertz CT molecular complexity index is 713. The Morgan fingerprint density at radius 2 is 2.29 bits per heavy atom. The first-order valence-corrected chi connectivity index (χ1v) is 9.26. The number of carbonyl (C=O) groups excluding carboxylic acids is 1. The average molecular weight is 358 g/mol. The van der Waals surface area contributed by atoms with Crippen molar-refractivity contribution in [3.05, 3.63) is 58.6 Å². The topological polar surface area (TPSA) is 45.2 Å². The number of amides is 1. The first kappa shape index (κ1) is 16.8. The van der Waals surface area contributed by atoms with Crippen LogP contribution in [-0.4, -0.2) is 27.4 Å². The summed E-state index contributed by atoms with van der Waals surface area (Å²) in [5.74, 6) is -0.191. The molecule has 1 aliphatic rings. The number of hydrogen-bond acceptors (Lipinski definition) is 4. The third-order valence-corrected chi connectivity index (χ3v) is 5.18. The number of thiophene rings is 1. The molecule has 0 aromatic carbocycles. The van der Waals surface area contributed by atoms with Crippen LogP contribution < -0.4 is 5.32 Å². The zero-order valence-electron chi connectivity index (χ0n) is 13.2. The second-order valence-corrected chi connectivity index (χ2v) is 7.00. The van der Waals surface area contributed by atoms with E-state index in [1.165, 1.54) is 6.08 Å². The molecule has 3 heterocycles. The molecule has 0 unspecified atom stereocenters. The van der Waals surface area contributed by atoms with Gasteiger partial charge in [0.1, 0.15) is 0 Å². The molecule has 1 atom stereocenters. The van der Waals surface area contributed by atoms with Crippen LogP contribution in [0.15, 0.2) is 48.1 Å². The molecule has 4 nitrogen and oxygen atoms in total. The second kappa shape index (κ2) is 8.17.